The van der Waals surface area contributed by atoms with Crippen molar-refractivity contribution in [1.82, 2.24) is 25.5 Å². The molecular weight excluding hydrogens is 250 g/mol. The van der Waals surface area contributed by atoms with Crippen LogP contribution in [0.2, 0.25) is 0 Å². The van der Waals surface area contributed by atoms with Crippen LogP contribution in [0.4, 0.5) is 0 Å². The van der Waals surface area contributed by atoms with Gasteiger partial charge in [-0.15, -0.1) is 21.5 Å². The van der Waals surface area contributed by atoms with E-state index in [0.717, 1.165) is 15.3 Å². The van der Waals surface area contributed by atoms with Gasteiger partial charge in [0.1, 0.15) is 0 Å². The number of aryl methyl sites for hydroxylation is 2. The Hall–Kier alpha value is -1.76. The van der Waals surface area contributed by atoms with Crippen molar-refractivity contribution in [2.24, 2.45) is 0 Å². The number of H-pyrrole nitrogens is 1. The first-order valence-electron chi connectivity index (χ1n) is 5.62. The van der Waals surface area contributed by atoms with Crippen LogP contribution in [0.1, 0.15) is 25.9 Å². The summed E-state index contributed by atoms with van der Waals surface area (Å²) in [6.45, 7) is 4.55. The van der Waals surface area contributed by atoms with E-state index >= 15 is 0 Å². The second-order valence-corrected chi connectivity index (χ2v) is 5.59. The van der Waals surface area contributed by atoms with Crippen molar-refractivity contribution < 1.29 is 4.79 Å². The molecule has 1 amide bonds. The summed E-state index contributed by atoms with van der Waals surface area (Å²) in [5.74, 6) is 0.660. The zero-order valence-electron chi connectivity index (χ0n) is 10.6. The van der Waals surface area contributed by atoms with Crippen LogP contribution in [-0.2, 0) is 6.42 Å². The quantitative estimate of drug-likeness (QED) is 0.901. The Morgan fingerprint density at radius 1 is 1.50 bits per heavy atom. The molecule has 0 spiro atoms. The minimum Gasteiger partial charge on any atom is -0.341 e. The van der Waals surface area contributed by atoms with E-state index in [2.05, 4.69) is 20.6 Å². The molecule has 2 aromatic heterocycles. The number of aromatic nitrogens is 4. The molecule has 0 aromatic carbocycles. The maximum absolute atomic E-state index is 12.2. The Morgan fingerprint density at radius 2 is 2.28 bits per heavy atom. The van der Waals surface area contributed by atoms with Crippen molar-refractivity contribution in [2.45, 2.75) is 20.3 Å². The molecule has 0 aliphatic carbocycles. The van der Waals surface area contributed by atoms with Gasteiger partial charge in [-0.3, -0.25) is 4.79 Å². The summed E-state index contributed by atoms with van der Waals surface area (Å²) in [7, 11) is 1.79. The average Bonchev–Trinajstić information content (AvgIpc) is 2.94. The molecular formula is C11H15N5OS. The minimum atomic E-state index is 0.0420. The Balaban J connectivity index is 1.98. The van der Waals surface area contributed by atoms with Crippen LogP contribution >= 0.6 is 11.3 Å². The fraction of sp³-hybridized carbons (Fsp3) is 0.455. The highest BCUT2D eigenvalue weighted by Gasteiger charge is 2.16. The summed E-state index contributed by atoms with van der Waals surface area (Å²) in [5.41, 5.74) is 0.785. The summed E-state index contributed by atoms with van der Waals surface area (Å²) < 4.78 is 0. The first kappa shape index (κ1) is 12.7. The Kier molecular flexibility index (Phi) is 3.71. The Morgan fingerprint density at radius 3 is 2.83 bits per heavy atom. The van der Waals surface area contributed by atoms with E-state index in [9.17, 15) is 4.79 Å². The summed E-state index contributed by atoms with van der Waals surface area (Å²) in [6.07, 6.45) is 0.598. The maximum Gasteiger partial charge on any atom is 0.254 e. The summed E-state index contributed by atoms with van der Waals surface area (Å²) in [5, 5.41) is 13.6. The first-order valence-corrected chi connectivity index (χ1v) is 6.44. The molecule has 0 fully saturated rings. The summed E-state index contributed by atoms with van der Waals surface area (Å²) in [4.78, 5) is 16.1. The van der Waals surface area contributed by atoms with Crippen molar-refractivity contribution in [3.05, 3.63) is 27.2 Å². The lowest BCUT2D eigenvalue weighted by molar-refractivity contribution is 0.0796. The van der Waals surface area contributed by atoms with Crippen molar-refractivity contribution in [1.29, 1.82) is 0 Å². The molecule has 2 aromatic rings. The standard InChI is InChI=1S/C11H15N5OS/c1-7-6-9(8(2)18-7)11(17)16(3)5-4-10-12-14-15-13-10/h6H,4-5H2,1-3H3,(H,12,13,14,15). The van der Waals surface area contributed by atoms with Crippen LogP contribution in [-0.4, -0.2) is 45.0 Å². The van der Waals surface area contributed by atoms with Gasteiger partial charge in [-0.25, -0.2) is 0 Å². The molecule has 0 aliphatic rings. The van der Waals surface area contributed by atoms with Gasteiger partial charge >= 0.3 is 0 Å². The number of likely N-dealkylation sites (N-methyl/N-ethyl adjacent to an activating group) is 1. The number of rotatable bonds is 4. The van der Waals surface area contributed by atoms with Crippen LogP contribution < -0.4 is 0 Å². The van der Waals surface area contributed by atoms with Gasteiger partial charge in [-0.2, -0.15) is 5.21 Å². The predicted molar refractivity (Wildman–Crippen MR) is 68.6 cm³/mol. The van der Waals surface area contributed by atoms with Gasteiger partial charge in [-0.05, 0) is 19.9 Å². The number of tetrazole rings is 1. The number of nitrogens with zero attached hydrogens (tertiary/aromatic N) is 4. The number of aromatic amines is 1. The number of amides is 1. The number of carbonyl (C=O) groups is 1. The van der Waals surface area contributed by atoms with Crippen LogP contribution in [0.15, 0.2) is 6.07 Å². The van der Waals surface area contributed by atoms with E-state index in [1.54, 1.807) is 23.3 Å². The number of hydrogen-bond acceptors (Lipinski definition) is 5. The van der Waals surface area contributed by atoms with E-state index < -0.39 is 0 Å². The van der Waals surface area contributed by atoms with E-state index in [1.165, 1.54) is 0 Å². The summed E-state index contributed by atoms with van der Waals surface area (Å²) >= 11 is 1.64. The monoisotopic (exact) mass is 265 g/mol. The number of nitrogens with one attached hydrogen (secondary N) is 1. The normalized spacial score (nSPS) is 10.6. The second kappa shape index (κ2) is 5.26. The molecule has 2 heterocycles. The smallest absolute Gasteiger partial charge is 0.254 e. The van der Waals surface area contributed by atoms with Gasteiger partial charge < -0.3 is 4.90 Å². The van der Waals surface area contributed by atoms with Crippen molar-refractivity contribution in [3.8, 4) is 0 Å². The minimum absolute atomic E-state index is 0.0420. The summed E-state index contributed by atoms with van der Waals surface area (Å²) in [6, 6.07) is 1.94. The van der Waals surface area contributed by atoms with Crippen molar-refractivity contribution in [3.63, 3.8) is 0 Å². The van der Waals surface area contributed by atoms with Crippen molar-refractivity contribution in [2.75, 3.05) is 13.6 Å². The van der Waals surface area contributed by atoms with Gasteiger partial charge in [0.25, 0.3) is 5.91 Å². The van der Waals surface area contributed by atoms with Gasteiger partial charge in [0, 0.05) is 29.8 Å². The van der Waals surface area contributed by atoms with E-state index in [4.69, 9.17) is 0 Å². The Bertz CT molecular complexity index is 534. The van der Waals surface area contributed by atoms with Gasteiger partial charge in [-0.1, -0.05) is 5.21 Å². The van der Waals surface area contributed by atoms with E-state index in [0.29, 0.717) is 18.8 Å². The zero-order valence-corrected chi connectivity index (χ0v) is 11.4. The fourth-order valence-electron chi connectivity index (χ4n) is 1.71. The maximum atomic E-state index is 12.2. The zero-order chi connectivity index (χ0) is 13.1. The van der Waals surface area contributed by atoms with Crippen LogP contribution in [0, 0.1) is 13.8 Å². The number of thiophene rings is 1. The molecule has 0 saturated carbocycles. The lowest BCUT2D eigenvalue weighted by atomic mass is 10.2. The Labute approximate surface area is 109 Å². The van der Waals surface area contributed by atoms with E-state index in [-0.39, 0.29) is 5.91 Å². The molecule has 6 nitrogen and oxygen atoms in total. The van der Waals surface area contributed by atoms with E-state index in [1.807, 2.05) is 19.9 Å². The molecule has 0 unspecified atom stereocenters. The molecule has 0 aliphatic heterocycles. The molecule has 0 saturated heterocycles. The third kappa shape index (κ3) is 2.73. The second-order valence-electron chi connectivity index (χ2n) is 4.13. The lowest BCUT2D eigenvalue weighted by Crippen LogP contribution is -2.29. The molecule has 2 rings (SSSR count). The topological polar surface area (TPSA) is 74.8 Å². The predicted octanol–water partition coefficient (Wildman–Crippen LogP) is 1.19. The van der Waals surface area contributed by atoms with Crippen LogP contribution in [0.5, 0.6) is 0 Å². The highest BCUT2D eigenvalue weighted by Crippen LogP contribution is 2.21. The molecule has 0 atom stereocenters. The van der Waals surface area contributed by atoms with Crippen LogP contribution in [0.25, 0.3) is 0 Å². The first-order chi connectivity index (χ1) is 8.58. The molecule has 0 radical (unpaired) electrons. The molecule has 0 bridgehead atoms. The highest BCUT2D eigenvalue weighted by molar-refractivity contribution is 7.12. The fourth-order valence-corrected chi connectivity index (χ4v) is 2.62. The molecule has 96 valence electrons. The number of carbonyl (C=O) groups excluding carboxylic acids is 1. The average molecular weight is 265 g/mol. The highest BCUT2D eigenvalue weighted by atomic mass is 32.1. The number of hydrogen-bond donors (Lipinski definition) is 1. The lowest BCUT2D eigenvalue weighted by Gasteiger charge is -2.15. The van der Waals surface area contributed by atoms with Gasteiger partial charge in [0.2, 0.25) is 0 Å². The SMILES string of the molecule is Cc1cc(C(=O)N(C)CCc2nn[nH]n2)c(C)s1. The van der Waals surface area contributed by atoms with Crippen molar-refractivity contribution >= 4 is 17.2 Å². The molecule has 18 heavy (non-hydrogen) atoms. The van der Waals surface area contributed by atoms with Gasteiger partial charge in [0.05, 0.1) is 5.56 Å². The molecule has 1 N–H and O–H groups in total. The third-order valence-corrected chi connectivity index (χ3v) is 3.64. The van der Waals surface area contributed by atoms with Crippen LogP contribution in [0.3, 0.4) is 0 Å². The van der Waals surface area contributed by atoms with Gasteiger partial charge in [0.15, 0.2) is 5.82 Å². The largest absolute Gasteiger partial charge is 0.341 e. The molecule has 7 heteroatoms. The third-order valence-electron chi connectivity index (χ3n) is 2.68.